The van der Waals surface area contributed by atoms with Crippen LogP contribution in [0.2, 0.25) is 0 Å². The fourth-order valence-electron chi connectivity index (χ4n) is 3.04. The molecule has 3 rings (SSSR count). The lowest BCUT2D eigenvalue weighted by atomic mass is 10.1. The highest BCUT2D eigenvalue weighted by Gasteiger charge is 2.10. The van der Waals surface area contributed by atoms with Crippen molar-refractivity contribution in [3.8, 4) is 0 Å². The molecule has 7 heteroatoms. The van der Waals surface area contributed by atoms with Crippen LogP contribution >= 0.6 is 11.3 Å². The van der Waals surface area contributed by atoms with Crippen LogP contribution in [0, 0.1) is 6.92 Å². The van der Waals surface area contributed by atoms with Crippen molar-refractivity contribution < 1.29 is 19.1 Å². The van der Waals surface area contributed by atoms with Crippen LogP contribution in [-0.2, 0) is 20.8 Å². The van der Waals surface area contributed by atoms with Gasteiger partial charge in [0.15, 0.2) is 0 Å². The zero-order valence-electron chi connectivity index (χ0n) is 17.6. The second-order valence-electron chi connectivity index (χ2n) is 6.84. The normalized spacial score (nSPS) is 12.1. The lowest BCUT2D eigenvalue weighted by Crippen LogP contribution is -2.32. The summed E-state index contributed by atoms with van der Waals surface area (Å²) < 4.78 is 12.3. The van der Waals surface area contributed by atoms with Crippen LogP contribution in [0.25, 0.3) is 12.2 Å². The summed E-state index contributed by atoms with van der Waals surface area (Å²) in [6.45, 7) is 4.22. The minimum Gasteiger partial charge on any atom is -0.465 e. The Morgan fingerprint density at radius 1 is 1.13 bits per heavy atom. The Morgan fingerprint density at radius 2 is 1.87 bits per heavy atom. The Hall–Kier alpha value is -3.45. The zero-order valence-corrected chi connectivity index (χ0v) is 18.4. The molecule has 0 aliphatic rings. The molecule has 0 atom stereocenters. The van der Waals surface area contributed by atoms with Crippen molar-refractivity contribution in [2.75, 3.05) is 13.7 Å². The van der Waals surface area contributed by atoms with E-state index in [1.807, 2.05) is 37.3 Å². The maximum atomic E-state index is 13.1. The van der Waals surface area contributed by atoms with Crippen LogP contribution in [0.1, 0.15) is 34.0 Å². The lowest BCUT2D eigenvalue weighted by molar-refractivity contribution is -0.135. The number of ether oxygens (including phenoxy) is 2. The monoisotopic (exact) mass is 437 g/mol. The molecule has 0 amide bonds. The fourth-order valence-corrected chi connectivity index (χ4v) is 4.07. The van der Waals surface area contributed by atoms with Crippen molar-refractivity contribution in [3.05, 3.63) is 90.3 Å². The smallest absolute Gasteiger partial charge is 0.337 e. The predicted molar refractivity (Wildman–Crippen MR) is 121 cm³/mol. The molecule has 0 aliphatic heterocycles. The fraction of sp³-hybridized carbons (Fsp3) is 0.208. The maximum Gasteiger partial charge on any atom is 0.337 e. The average molecular weight is 438 g/mol. The van der Waals surface area contributed by atoms with Gasteiger partial charge in [0.1, 0.15) is 4.66 Å². The van der Waals surface area contributed by atoms with E-state index in [0.717, 1.165) is 16.7 Å². The summed E-state index contributed by atoms with van der Waals surface area (Å²) in [5, 5.41) is 0. The molecule has 1 heterocycles. The van der Waals surface area contributed by atoms with Crippen LogP contribution < -0.4 is 14.8 Å². The number of aromatic nitrogens is 1. The van der Waals surface area contributed by atoms with Crippen molar-refractivity contribution in [2.45, 2.75) is 20.4 Å². The summed E-state index contributed by atoms with van der Waals surface area (Å²) in [4.78, 5) is 36.8. The summed E-state index contributed by atoms with van der Waals surface area (Å²) in [6, 6.07) is 14.6. The molecule has 0 fully saturated rings. The SMILES string of the molecule is CCOC(=O)/C=c1\s/c(=C\c2cccc(C)c2)c(=O)n1Cc1ccc(C(=O)OC)cc1. The number of rotatable bonds is 6. The first-order chi connectivity index (χ1) is 14.9. The Morgan fingerprint density at radius 3 is 2.52 bits per heavy atom. The number of thiazole rings is 1. The summed E-state index contributed by atoms with van der Waals surface area (Å²) in [5.41, 5.74) is 3.05. The molecule has 0 N–H and O–H groups in total. The largest absolute Gasteiger partial charge is 0.465 e. The van der Waals surface area contributed by atoms with Gasteiger partial charge in [0.2, 0.25) is 0 Å². The number of esters is 2. The number of nitrogens with zero attached hydrogens (tertiary/aromatic N) is 1. The first-order valence-electron chi connectivity index (χ1n) is 9.75. The van der Waals surface area contributed by atoms with Crippen LogP contribution in [0.5, 0.6) is 0 Å². The van der Waals surface area contributed by atoms with E-state index in [2.05, 4.69) is 0 Å². The molecule has 0 saturated carbocycles. The van der Waals surface area contributed by atoms with Crippen molar-refractivity contribution in [1.82, 2.24) is 4.57 Å². The second kappa shape index (κ2) is 10.0. The van der Waals surface area contributed by atoms with Gasteiger partial charge in [-0.1, -0.05) is 42.0 Å². The standard InChI is InChI=1S/C24H23NO5S/c1-4-30-22(26)14-21-25(15-17-8-10-19(11-9-17)24(28)29-3)23(27)20(31-21)13-18-7-5-6-16(2)12-18/h5-14H,4,15H2,1-3H3/b20-13-,21-14-. The van der Waals surface area contributed by atoms with Gasteiger partial charge in [0.25, 0.3) is 5.56 Å². The van der Waals surface area contributed by atoms with Crippen molar-refractivity contribution >= 4 is 35.4 Å². The van der Waals surface area contributed by atoms with Gasteiger partial charge in [-0.25, -0.2) is 9.59 Å². The topological polar surface area (TPSA) is 74.6 Å². The number of hydrogen-bond donors (Lipinski definition) is 0. The van der Waals surface area contributed by atoms with Crippen molar-refractivity contribution in [3.63, 3.8) is 0 Å². The van der Waals surface area contributed by atoms with Gasteiger partial charge < -0.3 is 9.47 Å². The molecule has 0 spiro atoms. The van der Waals surface area contributed by atoms with E-state index in [1.54, 1.807) is 31.2 Å². The Balaban J connectivity index is 2.07. The van der Waals surface area contributed by atoms with E-state index in [1.165, 1.54) is 29.1 Å². The van der Waals surface area contributed by atoms with Crippen LogP contribution in [0.15, 0.2) is 53.3 Å². The van der Waals surface area contributed by atoms with Gasteiger partial charge in [-0.3, -0.25) is 9.36 Å². The summed E-state index contributed by atoms with van der Waals surface area (Å²) >= 11 is 1.24. The lowest BCUT2D eigenvalue weighted by Gasteiger charge is -2.04. The first kappa shape index (κ1) is 22.2. The van der Waals surface area contributed by atoms with Crippen molar-refractivity contribution in [1.29, 1.82) is 0 Å². The highest BCUT2D eigenvalue weighted by atomic mass is 32.1. The minimum absolute atomic E-state index is 0.195. The molecule has 0 unspecified atom stereocenters. The molecule has 0 saturated heterocycles. The maximum absolute atomic E-state index is 13.1. The number of hydrogen-bond acceptors (Lipinski definition) is 6. The molecule has 2 aromatic carbocycles. The number of aryl methyl sites for hydroxylation is 1. The van der Waals surface area contributed by atoms with Gasteiger partial charge in [-0.15, -0.1) is 11.3 Å². The van der Waals surface area contributed by atoms with Crippen molar-refractivity contribution in [2.24, 2.45) is 0 Å². The zero-order chi connectivity index (χ0) is 22.4. The number of benzene rings is 2. The van der Waals surface area contributed by atoms with E-state index in [4.69, 9.17) is 9.47 Å². The summed E-state index contributed by atoms with van der Waals surface area (Å²) in [7, 11) is 1.32. The third-order valence-electron chi connectivity index (χ3n) is 4.52. The van der Waals surface area contributed by atoms with Crippen LogP contribution in [-0.4, -0.2) is 30.2 Å². The second-order valence-corrected chi connectivity index (χ2v) is 7.90. The Kier molecular flexibility index (Phi) is 7.20. The summed E-state index contributed by atoms with van der Waals surface area (Å²) in [5.74, 6) is -0.925. The number of carbonyl (C=O) groups excluding carboxylic acids is 2. The van der Waals surface area contributed by atoms with E-state index in [9.17, 15) is 14.4 Å². The van der Waals surface area contributed by atoms with Gasteiger partial charge in [-0.05, 0) is 43.2 Å². The molecular weight excluding hydrogens is 414 g/mol. The predicted octanol–water partition coefficient (Wildman–Crippen LogP) is 2.23. The highest BCUT2D eigenvalue weighted by Crippen LogP contribution is 2.07. The van der Waals surface area contributed by atoms with Gasteiger partial charge in [0, 0.05) is 0 Å². The first-order valence-corrected chi connectivity index (χ1v) is 10.6. The molecule has 0 aliphatic carbocycles. The van der Waals surface area contributed by atoms with Crippen LogP contribution in [0.4, 0.5) is 0 Å². The average Bonchev–Trinajstić information content (AvgIpc) is 3.02. The van der Waals surface area contributed by atoms with E-state index < -0.39 is 11.9 Å². The molecule has 160 valence electrons. The van der Waals surface area contributed by atoms with E-state index >= 15 is 0 Å². The quantitative estimate of drug-likeness (QED) is 0.553. The number of methoxy groups -OCH3 is 1. The molecule has 6 nitrogen and oxygen atoms in total. The third kappa shape index (κ3) is 5.58. The Labute approximate surface area is 183 Å². The van der Waals surface area contributed by atoms with Crippen LogP contribution in [0.3, 0.4) is 0 Å². The molecular formula is C24H23NO5S. The molecule has 31 heavy (non-hydrogen) atoms. The molecule has 1 aromatic heterocycles. The van der Waals surface area contributed by atoms with Gasteiger partial charge >= 0.3 is 11.9 Å². The highest BCUT2D eigenvalue weighted by molar-refractivity contribution is 7.07. The third-order valence-corrected chi connectivity index (χ3v) is 5.58. The molecule has 0 bridgehead atoms. The molecule has 3 aromatic rings. The van der Waals surface area contributed by atoms with Gasteiger partial charge in [0.05, 0.1) is 36.4 Å². The number of carbonyl (C=O) groups is 2. The summed E-state index contributed by atoms with van der Waals surface area (Å²) in [6.07, 6.45) is 3.16. The molecule has 0 radical (unpaired) electrons. The van der Waals surface area contributed by atoms with E-state index in [0.29, 0.717) is 14.8 Å². The van der Waals surface area contributed by atoms with Gasteiger partial charge in [-0.2, -0.15) is 0 Å². The van der Waals surface area contributed by atoms with E-state index in [-0.39, 0.29) is 18.7 Å². The Bertz CT molecular complexity index is 1270. The minimum atomic E-state index is -0.499.